The monoisotopic (exact) mass is 270 g/mol. The Morgan fingerprint density at radius 1 is 1.00 bits per heavy atom. The largest absolute Gasteiger partial charge is 0.353 e. The van der Waals surface area contributed by atoms with Crippen molar-refractivity contribution in [2.45, 2.75) is 12.1 Å². The molecule has 0 aromatic rings. The van der Waals surface area contributed by atoms with Crippen LogP contribution in [-0.2, 0) is 18.0 Å². The van der Waals surface area contributed by atoms with Gasteiger partial charge in [0, 0.05) is 11.5 Å². The average molecular weight is 270 g/mol. The summed E-state index contributed by atoms with van der Waals surface area (Å²) < 4.78 is 9.07. The maximum atomic E-state index is 11.1. The van der Waals surface area contributed by atoms with Gasteiger partial charge < -0.3 is 19.8 Å². The van der Waals surface area contributed by atoms with Crippen LogP contribution in [0.15, 0.2) is 0 Å². The van der Waals surface area contributed by atoms with Crippen LogP contribution < -0.4 is 11.5 Å². The fraction of sp³-hybridized carbons (Fsp3) is 0.667. The van der Waals surface area contributed by atoms with Crippen LogP contribution in [0.4, 0.5) is 0 Å². The molecule has 0 aliphatic carbocycles. The van der Waals surface area contributed by atoms with E-state index in [0.29, 0.717) is 23.8 Å². The molecule has 15 heavy (non-hydrogen) atoms. The third-order valence-electron chi connectivity index (χ3n) is 1.42. The minimum absolute atomic E-state index is 0.307. The molecule has 1 rings (SSSR count). The molecule has 1 aliphatic heterocycles. The molecule has 9 heteroatoms. The lowest BCUT2D eigenvalue weighted by Crippen LogP contribution is -2.33. The van der Waals surface area contributed by atoms with Gasteiger partial charge in [-0.3, -0.25) is 0 Å². The zero-order valence-corrected chi connectivity index (χ0v) is 10.0. The SMILES string of the molecule is N[C@H]1CSSC[C@H](N)C(=O)OSOC1=O. The quantitative estimate of drug-likeness (QED) is 0.452. The Labute approximate surface area is 99.0 Å². The molecule has 0 amide bonds. The molecule has 1 heterocycles. The van der Waals surface area contributed by atoms with Gasteiger partial charge in [-0.25, -0.2) is 9.59 Å². The number of hydrogen-bond acceptors (Lipinski definition) is 9. The van der Waals surface area contributed by atoms with Gasteiger partial charge in [0.15, 0.2) is 0 Å². The Hall–Kier alpha value is -0.0900. The molecule has 0 spiro atoms. The van der Waals surface area contributed by atoms with Gasteiger partial charge in [-0.05, 0) is 0 Å². The minimum Gasteiger partial charge on any atom is -0.353 e. The van der Waals surface area contributed by atoms with Crippen LogP contribution >= 0.6 is 33.9 Å². The van der Waals surface area contributed by atoms with Gasteiger partial charge in [-0.2, -0.15) is 0 Å². The summed E-state index contributed by atoms with van der Waals surface area (Å²) in [6, 6.07) is -1.44. The van der Waals surface area contributed by atoms with Crippen LogP contribution in [0.2, 0.25) is 0 Å². The van der Waals surface area contributed by atoms with Crippen LogP contribution in [-0.4, -0.2) is 35.5 Å². The molecule has 86 valence electrons. The molecular weight excluding hydrogens is 260 g/mol. The summed E-state index contributed by atoms with van der Waals surface area (Å²) in [7, 11) is 2.74. The van der Waals surface area contributed by atoms with E-state index in [1.165, 1.54) is 21.6 Å². The minimum atomic E-state index is -0.719. The van der Waals surface area contributed by atoms with Crippen molar-refractivity contribution in [2.24, 2.45) is 11.5 Å². The maximum absolute atomic E-state index is 11.1. The number of nitrogens with two attached hydrogens (primary N) is 2. The van der Waals surface area contributed by atoms with Crippen molar-refractivity contribution >= 4 is 45.9 Å². The van der Waals surface area contributed by atoms with Crippen molar-refractivity contribution in [1.29, 1.82) is 0 Å². The van der Waals surface area contributed by atoms with Crippen LogP contribution in [0, 0.1) is 0 Å². The third-order valence-corrected chi connectivity index (χ3v) is 4.35. The molecule has 1 fully saturated rings. The van der Waals surface area contributed by atoms with Crippen LogP contribution in [0.1, 0.15) is 0 Å². The fourth-order valence-electron chi connectivity index (χ4n) is 0.587. The molecule has 0 unspecified atom stereocenters. The second kappa shape index (κ2) is 6.48. The highest BCUT2D eigenvalue weighted by molar-refractivity contribution is 8.76. The number of carbonyl (C=O) groups is 2. The van der Waals surface area contributed by atoms with E-state index >= 15 is 0 Å². The van der Waals surface area contributed by atoms with Gasteiger partial charge in [0.1, 0.15) is 12.1 Å². The molecule has 0 aromatic heterocycles. The lowest BCUT2D eigenvalue weighted by atomic mass is 10.4. The summed E-state index contributed by atoms with van der Waals surface area (Å²) in [5, 5.41) is 0. The van der Waals surface area contributed by atoms with E-state index in [2.05, 4.69) is 8.37 Å². The normalized spacial score (nSPS) is 30.0. The van der Waals surface area contributed by atoms with Gasteiger partial charge in [-0.1, -0.05) is 21.6 Å². The molecule has 0 saturated carbocycles. The first-order valence-electron chi connectivity index (χ1n) is 3.95. The molecule has 0 radical (unpaired) electrons. The van der Waals surface area contributed by atoms with E-state index in [1.54, 1.807) is 0 Å². The van der Waals surface area contributed by atoms with E-state index < -0.39 is 24.0 Å². The standard InChI is InChI=1S/C6H10N2O4S3/c7-3-1-13-14-2-4(8)6(10)12-15-11-5(3)9/h3-4H,1-2,7-8H2/t3-,4-/m0/s1. The zero-order chi connectivity index (χ0) is 11.3. The number of carbonyl (C=O) groups excluding carboxylic acids is 2. The van der Waals surface area contributed by atoms with Gasteiger partial charge in [0.2, 0.25) is 0 Å². The van der Waals surface area contributed by atoms with Crippen molar-refractivity contribution in [3.63, 3.8) is 0 Å². The van der Waals surface area contributed by atoms with Gasteiger partial charge in [-0.15, -0.1) is 0 Å². The van der Waals surface area contributed by atoms with E-state index in [-0.39, 0.29) is 0 Å². The highest BCUT2D eigenvalue weighted by atomic mass is 33.1. The fourth-order valence-corrected chi connectivity index (χ4v) is 3.22. The first kappa shape index (κ1) is 13.0. The zero-order valence-electron chi connectivity index (χ0n) is 7.58. The molecule has 2 atom stereocenters. The van der Waals surface area contributed by atoms with Gasteiger partial charge in [0.25, 0.3) is 12.3 Å². The lowest BCUT2D eigenvalue weighted by molar-refractivity contribution is -0.136. The van der Waals surface area contributed by atoms with Crippen molar-refractivity contribution < 1.29 is 18.0 Å². The molecule has 0 aromatic carbocycles. The van der Waals surface area contributed by atoms with Crippen molar-refractivity contribution in [3.8, 4) is 0 Å². The molecule has 1 saturated heterocycles. The molecule has 0 bridgehead atoms. The Bertz CT molecular complexity index is 229. The summed E-state index contributed by atoms with van der Waals surface area (Å²) in [6.07, 6.45) is 0. The Morgan fingerprint density at radius 3 is 1.80 bits per heavy atom. The predicted octanol–water partition coefficient (Wildman–Crippen LogP) is -0.314. The van der Waals surface area contributed by atoms with E-state index in [0.717, 1.165) is 0 Å². The van der Waals surface area contributed by atoms with Crippen LogP contribution in [0.5, 0.6) is 0 Å². The number of rotatable bonds is 0. The van der Waals surface area contributed by atoms with Crippen molar-refractivity contribution in [2.75, 3.05) is 11.5 Å². The van der Waals surface area contributed by atoms with Gasteiger partial charge in [0.05, 0.1) is 0 Å². The molecule has 1 aliphatic rings. The Kier molecular flexibility index (Phi) is 5.61. The van der Waals surface area contributed by atoms with Crippen molar-refractivity contribution in [3.05, 3.63) is 0 Å². The first-order valence-corrected chi connectivity index (χ1v) is 7.11. The Morgan fingerprint density at radius 2 is 1.40 bits per heavy atom. The van der Waals surface area contributed by atoms with E-state index in [9.17, 15) is 9.59 Å². The Balaban J connectivity index is 2.50. The molecule has 4 N–H and O–H groups in total. The summed E-state index contributed by atoms with van der Waals surface area (Å²) in [5.74, 6) is -0.414. The highest BCUT2D eigenvalue weighted by Gasteiger charge is 2.22. The second-order valence-corrected chi connectivity index (χ2v) is 5.68. The topological polar surface area (TPSA) is 105 Å². The maximum Gasteiger partial charge on any atom is 0.338 e. The van der Waals surface area contributed by atoms with Crippen LogP contribution in [0.3, 0.4) is 0 Å². The first-order chi connectivity index (χ1) is 7.11. The molecule has 6 nitrogen and oxygen atoms in total. The van der Waals surface area contributed by atoms with Crippen LogP contribution in [0.25, 0.3) is 0 Å². The summed E-state index contributed by atoms with van der Waals surface area (Å²) >= 11 is 0.307. The van der Waals surface area contributed by atoms with E-state index in [1.807, 2.05) is 0 Å². The highest BCUT2D eigenvalue weighted by Crippen LogP contribution is 2.24. The average Bonchev–Trinajstić information content (AvgIpc) is 2.23. The summed E-state index contributed by atoms with van der Waals surface area (Å²) in [5.41, 5.74) is 11.0. The lowest BCUT2D eigenvalue weighted by Gasteiger charge is -2.06. The molecular formula is C6H10N2O4S3. The third kappa shape index (κ3) is 4.51. The smallest absolute Gasteiger partial charge is 0.338 e. The van der Waals surface area contributed by atoms with Gasteiger partial charge >= 0.3 is 11.9 Å². The summed E-state index contributed by atoms with van der Waals surface area (Å²) in [6.45, 7) is 0. The summed E-state index contributed by atoms with van der Waals surface area (Å²) in [4.78, 5) is 22.2. The predicted molar refractivity (Wildman–Crippen MR) is 60.6 cm³/mol. The number of hydrogen-bond donors (Lipinski definition) is 2. The second-order valence-electron chi connectivity index (χ2n) is 2.65. The van der Waals surface area contributed by atoms with Crippen molar-refractivity contribution in [1.82, 2.24) is 0 Å². The van der Waals surface area contributed by atoms with E-state index in [4.69, 9.17) is 11.5 Å².